The number of ether oxygens (including phenoxy) is 3. The van der Waals surface area contributed by atoms with Crippen LogP contribution in [0.3, 0.4) is 0 Å². The van der Waals surface area contributed by atoms with Crippen LogP contribution < -0.4 is 18.9 Å². The third-order valence-corrected chi connectivity index (χ3v) is 5.00. The Balaban J connectivity index is 2.12. The molecule has 0 saturated heterocycles. The summed E-state index contributed by atoms with van der Waals surface area (Å²) in [6.07, 6.45) is 0. The second-order valence-corrected chi connectivity index (χ2v) is 7.41. The highest BCUT2D eigenvalue weighted by Crippen LogP contribution is 2.38. The van der Waals surface area contributed by atoms with Gasteiger partial charge in [0.15, 0.2) is 11.5 Å². The summed E-state index contributed by atoms with van der Waals surface area (Å²) in [6, 6.07) is 10.8. The second kappa shape index (κ2) is 8.22. The largest absolute Gasteiger partial charge is 0.493 e. The van der Waals surface area contributed by atoms with Crippen molar-refractivity contribution in [1.82, 2.24) is 4.72 Å². The van der Waals surface area contributed by atoms with E-state index in [0.29, 0.717) is 22.8 Å². The molecule has 0 aromatic heterocycles. The van der Waals surface area contributed by atoms with Crippen LogP contribution >= 0.6 is 0 Å². The van der Waals surface area contributed by atoms with Crippen molar-refractivity contribution in [2.45, 2.75) is 19.2 Å². The zero-order valence-corrected chi connectivity index (χ0v) is 15.6. The first-order chi connectivity index (χ1) is 11.9. The van der Waals surface area contributed by atoms with Crippen molar-refractivity contribution in [3.8, 4) is 17.2 Å². The highest BCUT2D eigenvalue weighted by atomic mass is 32.2. The molecule has 136 valence electrons. The standard InChI is InChI=1S/C18H23NO5S/c1-13-5-7-14(8-6-13)12-25(20,21)19-11-15-9-16(22-2)18(24-4)17(10-15)23-3/h5-10,19H,11-12H2,1-4H3. The molecule has 0 aliphatic rings. The molecule has 1 N–H and O–H groups in total. The number of methoxy groups -OCH3 is 3. The molecule has 0 spiro atoms. The smallest absolute Gasteiger partial charge is 0.216 e. The fourth-order valence-corrected chi connectivity index (χ4v) is 3.51. The average molecular weight is 365 g/mol. The van der Waals surface area contributed by atoms with Gasteiger partial charge in [0.25, 0.3) is 0 Å². The van der Waals surface area contributed by atoms with Crippen LogP contribution in [0.25, 0.3) is 0 Å². The first-order valence-electron chi connectivity index (χ1n) is 7.70. The maximum Gasteiger partial charge on any atom is 0.216 e. The highest BCUT2D eigenvalue weighted by molar-refractivity contribution is 7.88. The Labute approximate surface area is 148 Å². The van der Waals surface area contributed by atoms with Gasteiger partial charge in [-0.2, -0.15) is 0 Å². The van der Waals surface area contributed by atoms with Crippen LogP contribution in [0.4, 0.5) is 0 Å². The molecule has 0 radical (unpaired) electrons. The van der Waals surface area contributed by atoms with Crippen LogP contribution in [-0.2, 0) is 22.3 Å². The van der Waals surface area contributed by atoms with E-state index in [0.717, 1.165) is 11.1 Å². The van der Waals surface area contributed by atoms with E-state index in [1.54, 1.807) is 12.1 Å². The van der Waals surface area contributed by atoms with Crippen LogP contribution in [0.2, 0.25) is 0 Å². The molecule has 2 rings (SSSR count). The lowest BCUT2D eigenvalue weighted by Gasteiger charge is -2.14. The van der Waals surface area contributed by atoms with Crippen LogP contribution in [0.1, 0.15) is 16.7 Å². The van der Waals surface area contributed by atoms with Gasteiger partial charge < -0.3 is 14.2 Å². The molecule has 0 amide bonds. The number of nitrogens with one attached hydrogen (secondary N) is 1. The molecule has 0 saturated carbocycles. The minimum absolute atomic E-state index is 0.0717. The number of benzene rings is 2. The van der Waals surface area contributed by atoms with E-state index in [4.69, 9.17) is 14.2 Å². The van der Waals surface area contributed by atoms with Gasteiger partial charge in [-0.3, -0.25) is 0 Å². The van der Waals surface area contributed by atoms with Gasteiger partial charge in [0.1, 0.15) is 0 Å². The maximum absolute atomic E-state index is 12.3. The quantitative estimate of drug-likeness (QED) is 0.778. The van der Waals surface area contributed by atoms with Gasteiger partial charge in [-0.05, 0) is 30.2 Å². The van der Waals surface area contributed by atoms with E-state index in [2.05, 4.69) is 4.72 Å². The van der Waals surface area contributed by atoms with Crippen molar-refractivity contribution in [3.05, 3.63) is 53.1 Å². The minimum Gasteiger partial charge on any atom is -0.493 e. The van der Waals surface area contributed by atoms with Gasteiger partial charge in [0.2, 0.25) is 15.8 Å². The Bertz CT molecular complexity index is 791. The van der Waals surface area contributed by atoms with Crippen molar-refractivity contribution in [2.24, 2.45) is 0 Å². The van der Waals surface area contributed by atoms with Crippen LogP contribution in [0.5, 0.6) is 17.2 Å². The van der Waals surface area contributed by atoms with Crippen LogP contribution in [0.15, 0.2) is 36.4 Å². The fourth-order valence-electron chi connectivity index (χ4n) is 2.39. The Morgan fingerprint density at radius 1 is 0.880 bits per heavy atom. The van der Waals surface area contributed by atoms with Gasteiger partial charge in [-0.1, -0.05) is 29.8 Å². The molecular weight excluding hydrogens is 342 g/mol. The SMILES string of the molecule is COc1cc(CNS(=O)(=O)Cc2ccc(C)cc2)cc(OC)c1OC. The van der Waals surface area contributed by atoms with E-state index in [1.165, 1.54) is 21.3 Å². The van der Waals surface area contributed by atoms with Gasteiger partial charge in [0.05, 0.1) is 27.1 Å². The minimum atomic E-state index is -3.46. The lowest BCUT2D eigenvalue weighted by molar-refractivity contribution is 0.323. The van der Waals surface area contributed by atoms with E-state index in [9.17, 15) is 8.42 Å². The molecule has 0 unspecified atom stereocenters. The summed E-state index contributed by atoms with van der Waals surface area (Å²) in [5, 5.41) is 0. The lowest BCUT2D eigenvalue weighted by Crippen LogP contribution is -2.24. The van der Waals surface area contributed by atoms with Gasteiger partial charge in [-0.15, -0.1) is 0 Å². The van der Waals surface area contributed by atoms with E-state index >= 15 is 0 Å². The predicted molar refractivity (Wildman–Crippen MR) is 96.7 cm³/mol. The summed E-state index contributed by atoms with van der Waals surface area (Å²) in [5.41, 5.74) is 2.54. The Morgan fingerprint density at radius 2 is 1.44 bits per heavy atom. The number of rotatable bonds is 8. The lowest BCUT2D eigenvalue weighted by atomic mass is 10.2. The van der Waals surface area contributed by atoms with Gasteiger partial charge in [-0.25, -0.2) is 13.1 Å². The Morgan fingerprint density at radius 3 is 1.92 bits per heavy atom. The molecule has 0 aliphatic carbocycles. The van der Waals surface area contributed by atoms with E-state index in [-0.39, 0.29) is 12.3 Å². The Kier molecular flexibility index (Phi) is 6.27. The Hall–Kier alpha value is -2.25. The summed E-state index contributed by atoms with van der Waals surface area (Å²) in [6.45, 7) is 2.09. The zero-order chi connectivity index (χ0) is 18.4. The number of sulfonamides is 1. The highest BCUT2D eigenvalue weighted by Gasteiger charge is 2.15. The summed E-state index contributed by atoms with van der Waals surface area (Å²) < 4.78 is 43.0. The van der Waals surface area contributed by atoms with Crippen molar-refractivity contribution >= 4 is 10.0 Å². The molecule has 0 fully saturated rings. The van der Waals surface area contributed by atoms with Crippen molar-refractivity contribution in [3.63, 3.8) is 0 Å². The van der Waals surface area contributed by atoms with Gasteiger partial charge >= 0.3 is 0 Å². The molecule has 2 aromatic carbocycles. The van der Waals surface area contributed by atoms with Crippen LogP contribution in [0, 0.1) is 6.92 Å². The van der Waals surface area contributed by atoms with Gasteiger partial charge in [0, 0.05) is 6.54 Å². The fraction of sp³-hybridized carbons (Fsp3) is 0.333. The van der Waals surface area contributed by atoms with Crippen LogP contribution in [-0.4, -0.2) is 29.7 Å². The monoisotopic (exact) mass is 365 g/mol. The molecule has 0 bridgehead atoms. The summed E-state index contributed by atoms with van der Waals surface area (Å²) in [5.74, 6) is 1.36. The molecule has 25 heavy (non-hydrogen) atoms. The van der Waals surface area contributed by atoms with E-state index < -0.39 is 10.0 Å². The molecule has 2 aromatic rings. The molecule has 7 heteroatoms. The topological polar surface area (TPSA) is 73.9 Å². The molecular formula is C18H23NO5S. The van der Waals surface area contributed by atoms with Crippen molar-refractivity contribution in [1.29, 1.82) is 0 Å². The second-order valence-electron chi connectivity index (χ2n) is 5.60. The molecule has 0 aliphatic heterocycles. The zero-order valence-electron chi connectivity index (χ0n) is 14.8. The first kappa shape index (κ1) is 19.1. The number of hydrogen-bond donors (Lipinski definition) is 1. The third-order valence-electron chi connectivity index (χ3n) is 3.70. The predicted octanol–water partition coefficient (Wildman–Crippen LogP) is 2.64. The summed E-state index contributed by atoms with van der Waals surface area (Å²) in [4.78, 5) is 0. The van der Waals surface area contributed by atoms with E-state index in [1.807, 2.05) is 31.2 Å². The van der Waals surface area contributed by atoms with Crippen molar-refractivity contribution < 1.29 is 22.6 Å². The molecule has 0 atom stereocenters. The molecule has 0 heterocycles. The summed E-state index contributed by atoms with van der Waals surface area (Å²) >= 11 is 0. The number of aryl methyl sites for hydroxylation is 1. The first-order valence-corrected chi connectivity index (χ1v) is 9.35. The van der Waals surface area contributed by atoms with Crippen molar-refractivity contribution in [2.75, 3.05) is 21.3 Å². The summed E-state index contributed by atoms with van der Waals surface area (Å²) in [7, 11) is 1.09. The maximum atomic E-state index is 12.3. The third kappa shape index (κ3) is 5.11. The number of hydrogen-bond acceptors (Lipinski definition) is 5. The molecule has 6 nitrogen and oxygen atoms in total. The average Bonchev–Trinajstić information content (AvgIpc) is 2.60. The normalized spacial score (nSPS) is 11.2.